The molecular weight excluding hydrogens is 557 g/mol. The Kier molecular flexibility index (Phi) is 12.3. The lowest BCUT2D eigenvalue weighted by molar-refractivity contribution is -0.192. The van der Waals surface area contributed by atoms with Gasteiger partial charge in [-0.05, 0) is 42.4 Å². The molecule has 0 saturated carbocycles. The van der Waals surface area contributed by atoms with Crippen LogP contribution in [-0.2, 0) is 34.4 Å². The molecule has 2 aromatic rings. The fraction of sp³-hybridized carbons (Fsp3) is 0.333. The van der Waals surface area contributed by atoms with Crippen molar-refractivity contribution in [1.82, 2.24) is 14.8 Å². The van der Waals surface area contributed by atoms with Crippen molar-refractivity contribution >= 4 is 32.0 Å². The van der Waals surface area contributed by atoms with Crippen LogP contribution < -0.4 is 20.5 Å². The number of carboxylic acid groups (broad SMARTS) is 1. The number of aliphatic carboxylic acids is 1. The highest BCUT2D eigenvalue weighted by Gasteiger charge is 2.38. The molecule has 0 amide bonds. The molecule has 38 heavy (non-hydrogen) atoms. The molecule has 0 aliphatic heterocycles. The number of alkyl halides is 3. The lowest BCUT2D eigenvalue weighted by Crippen LogP contribution is -2.46. The first-order valence-corrected chi connectivity index (χ1v) is 13.5. The Morgan fingerprint density at radius 2 is 1.34 bits per heavy atom. The highest BCUT2D eigenvalue weighted by atomic mass is 32.2. The predicted octanol–water partition coefficient (Wildman–Crippen LogP) is 0.263. The molecule has 0 radical (unpaired) electrons. The second-order valence-electron chi connectivity index (χ2n) is 7.29. The number of hydrogen-bond acceptors (Lipinski definition) is 9. The Morgan fingerprint density at radius 3 is 1.68 bits per heavy atom. The molecule has 0 aromatic heterocycles. The Morgan fingerprint density at radius 1 is 0.921 bits per heavy atom. The van der Waals surface area contributed by atoms with Crippen molar-refractivity contribution in [3.05, 3.63) is 48.5 Å². The van der Waals surface area contributed by atoms with Gasteiger partial charge < -0.3 is 20.9 Å². The van der Waals surface area contributed by atoms with Crippen LogP contribution in [-0.4, -0.2) is 79.9 Å². The van der Waals surface area contributed by atoms with E-state index < -0.39 is 44.2 Å². The molecule has 0 aliphatic carbocycles. The third-order valence-electron chi connectivity index (χ3n) is 4.59. The molecule has 2 rings (SSSR count). The second-order valence-corrected chi connectivity index (χ2v) is 10.8. The Bertz CT molecular complexity index is 1290. The van der Waals surface area contributed by atoms with Gasteiger partial charge >= 0.3 is 18.1 Å². The zero-order valence-electron chi connectivity index (χ0n) is 20.2. The SMILES string of the molecule is CNCCNS(=O)(=O)c1ccc(-c2ccc(S(=O)(=O)N[C@@H](CN)C(=O)OC)cc2)cc1.O=C(O)C(F)(F)F. The van der Waals surface area contributed by atoms with E-state index in [9.17, 15) is 34.8 Å². The highest BCUT2D eigenvalue weighted by molar-refractivity contribution is 7.89. The van der Waals surface area contributed by atoms with Gasteiger partial charge in [-0.25, -0.2) is 26.4 Å². The van der Waals surface area contributed by atoms with Crippen molar-refractivity contribution in [2.45, 2.75) is 22.0 Å². The summed E-state index contributed by atoms with van der Waals surface area (Å²) in [6.07, 6.45) is -5.08. The third-order valence-corrected chi connectivity index (χ3v) is 7.56. The molecule has 0 saturated heterocycles. The minimum Gasteiger partial charge on any atom is -0.475 e. The number of likely N-dealkylation sites (N-methyl/N-ethyl adjacent to an activating group) is 1. The molecule has 17 heteroatoms. The normalized spacial score (nSPS) is 12.7. The van der Waals surface area contributed by atoms with Crippen LogP contribution in [0.5, 0.6) is 0 Å². The van der Waals surface area contributed by atoms with E-state index in [1.807, 2.05) is 0 Å². The molecule has 212 valence electrons. The topological polar surface area (TPSA) is 194 Å². The molecule has 6 N–H and O–H groups in total. The lowest BCUT2D eigenvalue weighted by atomic mass is 10.1. The van der Waals surface area contributed by atoms with Crippen molar-refractivity contribution in [2.75, 3.05) is 33.8 Å². The monoisotopic (exact) mass is 584 g/mol. The van der Waals surface area contributed by atoms with Gasteiger partial charge in [0.1, 0.15) is 6.04 Å². The van der Waals surface area contributed by atoms with Crippen molar-refractivity contribution in [2.24, 2.45) is 5.73 Å². The number of rotatable bonds is 11. The number of halogens is 3. The van der Waals surface area contributed by atoms with Gasteiger partial charge in [0.15, 0.2) is 0 Å². The molecule has 0 unspecified atom stereocenters. The number of carbonyl (C=O) groups excluding carboxylic acids is 1. The fourth-order valence-corrected chi connectivity index (χ4v) is 4.87. The van der Waals surface area contributed by atoms with Gasteiger partial charge in [0.2, 0.25) is 20.0 Å². The fourth-order valence-electron chi connectivity index (χ4n) is 2.64. The van der Waals surface area contributed by atoms with Gasteiger partial charge in [0, 0.05) is 19.6 Å². The van der Waals surface area contributed by atoms with Crippen molar-refractivity contribution < 1.29 is 49.4 Å². The number of nitrogens with one attached hydrogen (secondary N) is 3. The molecule has 2 aromatic carbocycles. The number of carbonyl (C=O) groups is 2. The first kappa shape index (κ1) is 32.9. The van der Waals surface area contributed by atoms with Gasteiger partial charge in [0.25, 0.3) is 0 Å². The standard InChI is InChI=1S/C19H26N4O6S2.C2HF3O2/c1-21-11-12-22-30(25,26)16-7-3-14(4-8-16)15-5-9-17(10-6-15)31(27,28)23-18(13-20)19(24)29-2;3-2(4,5)1(6)7/h3-10,18,21-23H,11-13,20H2,1-2H3;(H,6,7)/t18-;/m0./s1. The number of benzene rings is 2. The zero-order valence-corrected chi connectivity index (χ0v) is 21.8. The number of ether oxygens (including phenoxy) is 1. The van der Waals surface area contributed by atoms with Crippen LogP contribution in [0.1, 0.15) is 0 Å². The summed E-state index contributed by atoms with van der Waals surface area (Å²) in [4.78, 5) is 20.6. The first-order valence-electron chi connectivity index (χ1n) is 10.5. The minimum absolute atomic E-state index is 0.0495. The summed E-state index contributed by atoms with van der Waals surface area (Å²) in [6, 6.07) is 11.0. The quantitative estimate of drug-likeness (QED) is 0.181. The summed E-state index contributed by atoms with van der Waals surface area (Å²) in [7, 11) is -4.72. The summed E-state index contributed by atoms with van der Waals surface area (Å²) in [6.45, 7) is 0.529. The van der Waals surface area contributed by atoms with Crippen LogP contribution in [0.2, 0.25) is 0 Å². The maximum absolute atomic E-state index is 12.5. The number of esters is 1. The van der Waals surface area contributed by atoms with Gasteiger partial charge in [-0.3, -0.25) is 4.79 Å². The average Bonchev–Trinajstić information content (AvgIpc) is 2.87. The minimum atomic E-state index is -5.08. The number of hydrogen-bond donors (Lipinski definition) is 5. The molecule has 1 atom stereocenters. The third kappa shape index (κ3) is 9.99. The highest BCUT2D eigenvalue weighted by Crippen LogP contribution is 2.23. The number of methoxy groups -OCH3 is 1. The summed E-state index contributed by atoms with van der Waals surface area (Å²) in [5.74, 6) is -3.54. The molecule has 0 aliphatic rings. The Labute approximate surface area is 217 Å². The van der Waals surface area contributed by atoms with E-state index in [0.717, 1.165) is 7.11 Å². The van der Waals surface area contributed by atoms with E-state index in [-0.39, 0.29) is 22.9 Å². The number of carboxylic acids is 1. The van der Waals surface area contributed by atoms with Gasteiger partial charge in [-0.15, -0.1) is 0 Å². The first-order chi connectivity index (χ1) is 17.6. The van der Waals surface area contributed by atoms with Gasteiger partial charge in [-0.2, -0.15) is 17.9 Å². The molecule has 0 fully saturated rings. The molecule has 12 nitrogen and oxygen atoms in total. The van der Waals surface area contributed by atoms with Crippen LogP contribution in [0.15, 0.2) is 58.3 Å². The van der Waals surface area contributed by atoms with E-state index in [1.54, 1.807) is 31.3 Å². The van der Waals surface area contributed by atoms with Crippen LogP contribution in [0.4, 0.5) is 13.2 Å². The molecular formula is C21H27F3N4O8S2. The molecule has 0 heterocycles. The summed E-state index contributed by atoms with van der Waals surface area (Å²) >= 11 is 0. The largest absolute Gasteiger partial charge is 0.490 e. The smallest absolute Gasteiger partial charge is 0.475 e. The molecule has 0 spiro atoms. The second kappa shape index (κ2) is 14.2. The van der Waals surface area contributed by atoms with Crippen molar-refractivity contribution in [3.63, 3.8) is 0 Å². The van der Waals surface area contributed by atoms with Crippen LogP contribution in [0.25, 0.3) is 11.1 Å². The zero-order chi connectivity index (χ0) is 29.1. The predicted molar refractivity (Wildman–Crippen MR) is 130 cm³/mol. The van der Waals surface area contributed by atoms with E-state index in [1.165, 1.54) is 24.3 Å². The van der Waals surface area contributed by atoms with E-state index in [4.69, 9.17) is 15.6 Å². The summed E-state index contributed by atoms with van der Waals surface area (Å²) in [5.41, 5.74) is 6.83. The summed E-state index contributed by atoms with van der Waals surface area (Å²) in [5, 5.41) is 9.98. The average molecular weight is 585 g/mol. The van der Waals surface area contributed by atoms with Crippen LogP contribution in [0.3, 0.4) is 0 Å². The number of nitrogens with two attached hydrogens (primary N) is 1. The maximum atomic E-state index is 12.5. The summed E-state index contributed by atoms with van der Waals surface area (Å²) < 4.78 is 90.4. The van der Waals surface area contributed by atoms with Crippen molar-refractivity contribution in [1.29, 1.82) is 0 Å². The van der Waals surface area contributed by atoms with Crippen LogP contribution in [0, 0.1) is 0 Å². The Hall–Kier alpha value is -3.09. The lowest BCUT2D eigenvalue weighted by Gasteiger charge is -2.15. The van der Waals surface area contributed by atoms with Crippen LogP contribution >= 0.6 is 0 Å². The van der Waals surface area contributed by atoms with Crippen molar-refractivity contribution in [3.8, 4) is 11.1 Å². The van der Waals surface area contributed by atoms with Gasteiger partial charge in [-0.1, -0.05) is 24.3 Å². The Balaban J connectivity index is 0.000000905. The van der Waals surface area contributed by atoms with E-state index in [0.29, 0.717) is 17.7 Å². The maximum Gasteiger partial charge on any atom is 0.490 e. The number of sulfonamides is 2. The van der Waals surface area contributed by atoms with E-state index >= 15 is 0 Å². The van der Waals surface area contributed by atoms with E-state index in [2.05, 4.69) is 19.5 Å². The van der Waals surface area contributed by atoms with Gasteiger partial charge in [0.05, 0.1) is 16.9 Å². The molecule has 0 bridgehead atoms.